The highest BCUT2D eigenvalue weighted by Crippen LogP contribution is 2.48. The first-order valence-corrected chi connectivity index (χ1v) is 21.5. The van der Waals surface area contributed by atoms with Crippen LogP contribution in [0.3, 0.4) is 0 Å². The zero-order valence-electron chi connectivity index (χ0n) is 29.7. The molecule has 0 radical (unpaired) electrons. The van der Waals surface area contributed by atoms with Crippen LogP contribution in [0.2, 0.25) is 13.1 Å². The minimum absolute atomic E-state index is 0.834. The van der Waals surface area contributed by atoms with E-state index in [0.29, 0.717) is 0 Å². The maximum atomic E-state index is 6.83. The van der Waals surface area contributed by atoms with Gasteiger partial charge in [-0.3, -0.25) is 0 Å². The van der Waals surface area contributed by atoms with Crippen molar-refractivity contribution in [2.75, 3.05) is 10.2 Å². The van der Waals surface area contributed by atoms with Crippen molar-refractivity contribution in [2.45, 2.75) is 13.1 Å². The number of nitrogens with zero attached hydrogens (tertiary/aromatic N) is 1. The second-order valence-electron chi connectivity index (χ2n) is 15.0. The molecule has 3 heterocycles. The van der Waals surface area contributed by atoms with Crippen molar-refractivity contribution in [1.82, 2.24) is 0 Å². The molecule has 0 fully saturated rings. The van der Waals surface area contributed by atoms with Gasteiger partial charge in [-0.15, -0.1) is 0 Å². The zero-order chi connectivity index (χ0) is 35.3. The van der Waals surface area contributed by atoms with Gasteiger partial charge in [0.05, 0.1) is 11.1 Å². The Balaban J connectivity index is 1.20. The van der Waals surface area contributed by atoms with E-state index < -0.39 is 8.07 Å². The molecule has 0 spiro atoms. The monoisotopic (exact) mass is 694 g/mol. The van der Waals surface area contributed by atoms with Gasteiger partial charge in [-0.25, -0.2) is 0 Å². The van der Waals surface area contributed by atoms with Gasteiger partial charge in [-0.2, -0.15) is 0 Å². The third-order valence-corrected chi connectivity index (χ3v) is 15.2. The first-order chi connectivity index (χ1) is 26.0. The SMILES string of the molecule is C[Si]1(C)c2ccccc2N2c3c(cccc31)Bc1c(-c3c(Nc4ccc(-c5ccccc5)cc4)ccc4ccccc34)cc3oc4ccccc4c3c12. The van der Waals surface area contributed by atoms with Crippen LogP contribution in [0.1, 0.15) is 0 Å². The molecule has 8 aromatic carbocycles. The van der Waals surface area contributed by atoms with Crippen LogP contribution in [-0.2, 0) is 0 Å². The topological polar surface area (TPSA) is 28.4 Å². The molecule has 3 nitrogen and oxygen atoms in total. The molecule has 1 aromatic heterocycles. The predicted molar refractivity (Wildman–Crippen MR) is 230 cm³/mol. The van der Waals surface area contributed by atoms with Gasteiger partial charge < -0.3 is 14.6 Å². The van der Waals surface area contributed by atoms with E-state index in [1.54, 1.807) is 0 Å². The summed E-state index contributed by atoms with van der Waals surface area (Å²) in [5.74, 6) is 0. The van der Waals surface area contributed by atoms with Gasteiger partial charge in [0.15, 0.2) is 7.28 Å². The molecule has 0 saturated heterocycles. The van der Waals surface area contributed by atoms with E-state index in [-0.39, 0.29) is 0 Å². The summed E-state index contributed by atoms with van der Waals surface area (Å²) >= 11 is 0. The summed E-state index contributed by atoms with van der Waals surface area (Å²) in [6, 6.07) is 59.6. The van der Waals surface area contributed by atoms with Crippen molar-refractivity contribution in [2.24, 2.45) is 0 Å². The van der Waals surface area contributed by atoms with Gasteiger partial charge in [0.2, 0.25) is 0 Å². The highest BCUT2D eigenvalue weighted by Gasteiger charge is 2.43. The Morgan fingerprint density at radius 3 is 2.17 bits per heavy atom. The number of hydrogen-bond acceptors (Lipinski definition) is 3. The summed E-state index contributed by atoms with van der Waals surface area (Å²) in [5.41, 5.74) is 15.3. The van der Waals surface area contributed by atoms with E-state index in [1.807, 2.05) is 0 Å². The molecular formula is C48H35BN2OSi. The van der Waals surface area contributed by atoms with Crippen molar-refractivity contribution in [3.8, 4) is 22.3 Å². The van der Waals surface area contributed by atoms with Crippen LogP contribution in [0.4, 0.5) is 28.4 Å². The highest BCUT2D eigenvalue weighted by molar-refractivity contribution is 7.03. The Morgan fingerprint density at radius 2 is 1.30 bits per heavy atom. The molecule has 0 atom stereocenters. The summed E-state index contributed by atoms with van der Waals surface area (Å²) in [4.78, 5) is 2.60. The van der Waals surface area contributed by atoms with Crippen molar-refractivity contribution in [1.29, 1.82) is 0 Å². The highest BCUT2D eigenvalue weighted by atomic mass is 28.3. The number of fused-ring (bicyclic) bond motifs is 9. The molecule has 0 aliphatic carbocycles. The molecular weight excluding hydrogens is 659 g/mol. The lowest BCUT2D eigenvalue weighted by Crippen LogP contribution is -2.62. The van der Waals surface area contributed by atoms with E-state index >= 15 is 0 Å². The summed E-state index contributed by atoms with van der Waals surface area (Å²) < 4.78 is 6.83. The number of hydrogen-bond donors (Lipinski definition) is 1. The van der Waals surface area contributed by atoms with E-state index in [0.717, 1.165) is 35.2 Å². The Morgan fingerprint density at radius 1 is 0.585 bits per heavy atom. The van der Waals surface area contributed by atoms with Gasteiger partial charge in [-0.05, 0) is 79.7 Å². The summed E-state index contributed by atoms with van der Waals surface area (Å²) in [6.07, 6.45) is 0. The third kappa shape index (κ3) is 4.47. The number of para-hydroxylation sites is 3. The van der Waals surface area contributed by atoms with Gasteiger partial charge in [0, 0.05) is 33.7 Å². The van der Waals surface area contributed by atoms with Crippen LogP contribution in [0.25, 0.3) is 55.0 Å². The van der Waals surface area contributed by atoms with Crippen molar-refractivity contribution >= 4 is 97.8 Å². The van der Waals surface area contributed by atoms with Gasteiger partial charge >= 0.3 is 0 Å². The number of benzene rings is 8. The average molecular weight is 695 g/mol. The molecule has 0 amide bonds. The zero-order valence-corrected chi connectivity index (χ0v) is 30.7. The van der Waals surface area contributed by atoms with E-state index in [2.05, 4.69) is 187 Å². The minimum atomic E-state index is -1.98. The van der Waals surface area contributed by atoms with Crippen molar-refractivity contribution in [3.05, 3.63) is 164 Å². The largest absolute Gasteiger partial charge is 0.456 e. The van der Waals surface area contributed by atoms with Gasteiger partial charge in [0.25, 0.3) is 0 Å². The number of rotatable bonds is 4. The lowest BCUT2D eigenvalue weighted by Gasteiger charge is -2.45. The van der Waals surface area contributed by atoms with Gasteiger partial charge in [0.1, 0.15) is 19.2 Å². The Kier molecular flexibility index (Phi) is 6.50. The molecule has 2 aliphatic rings. The Hall–Kier alpha value is -6.30. The fraction of sp³-hybridized carbons (Fsp3) is 0.0417. The quantitative estimate of drug-likeness (QED) is 0.186. The van der Waals surface area contributed by atoms with Gasteiger partial charge in [-0.1, -0.05) is 146 Å². The molecule has 250 valence electrons. The second kappa shape index (κ2) is 11.3. The first-order valence-electron chi connectivity index (χ1n) is 18.5. The lowest BCUT2D eigenvalue weighted by atomic mass is 9.57. The standard InChI is InChI=1S/C48H35BN2OSi/c1-53(2)42-21-11-9-19-39(42)51-47-37(18-12-22-43(47)53)49-46-36(29-41-45(48(46)51)35-17-8-10-20-40(35)52-41)44-34-16-7-6-15-32(34)25-28-38(44)50-33-26-23-31(24-27-33)30-13-4-3-5-14-30/h3-29,49-50H,1-2H3. The summed E-state index contributed by atoms with van der Waals surface area (Å²) in [5, 5.41) is 11.6. The number of furan rings is 1. The molecule has 0 saturated carbocycles. The lowest BCUT2D eigenvalue weighted by molar-refractivity contribution is 0.669. The Bertz CT molecular complexity index is 2930. The van der Waals surface area contributed by atoms with Crippen molar-refractivity contribution in [3.63, 3.8) is 0 Å². The van der Waals surface area contributed by atoms with E-state index in [1.165, 1.54) is 76.8 Å². The Labute approximate surface area is 310 Å². The fourth-order valence-electron chi connectivity index (χ4n) is 9.14. The molecule has 53 heavy (non-hydrogen) atoms. The van der Waals surface area contributed by atoms with Crippen LogP contribution < -0.4 is 31.5 Å². The number of nitrogens with one attached hydrogen (secondary N) is 1. The molecule has 2 aliphatic heterocycles. The predicted octanol–water partition coefficient (Wildman–Crippen LogP) is 10.1. The molecule has 11 rings (SSSR count). The van der Waals surface area contributed by atoms with Crippen molar-refractivity contribution < 1.29 is 4.42 Å². The minimum Gasteiger partial charge on any atom is -0.456 e. The third-order valence-electron chi connectivity index (χ3n) is 11.6. The maximum absolute atomic E-state index is 6.83. The molecule has 1 N–H and O–H groups in total. The summed E-state index contributed by atoms with van der Waals surface area (Å²) in [6.45, 7) is 5.02. The second-order valence-corrected chi connectivity index (χ2v) is 19.3. The molecule has 0 bridgehead atoms. The van der Waals surface area contributed by atoms with Crippen LogP contribution >= 0.6 is 0 Å². The molecule has 0 unspecified atom stereocenters. The summed E-state index contributed by atoms with van der Waals surface area (Å²) in [7, 11) is -1.15. The van der Waals surface area contributed by atoms with E-state index in [9.17, 15) is 0 Å². The first kappa shape index (κ1) is 30.3. The normalized spacial score (nSPS) is 13.7. The smallest absolute Gasteiger partial charge is 0.198 e. The average Bonchev–Trinajstić information content (AvgIpc) is 3.58. The van der Waals surface area contributed by atoms with Crippen LogP contribution in [0.15, 0.2) is 168 Å². The van der Waals surface area contributed by atoms with Crippen LogP contribution in [-0.4, -0.2) is 15.4 Å². The molecule has 5 heteroatoms. The fourth-order valence-corrected chi connectivity index (χ4v) is 12.2. The number of anilines is 5. The van der Waals surface area contributed by atoms with Crippen LogP contribution in [0, 0.1) is 0 Å². The van der Waals surface area contributed by atoms with Crippen LogP contribution in [0.5, 0.6) is 0 Å². The molecule has 9 aromatic rings. The maximum Gasteiger partial charge on any atom is 0.198 e. The van der Waals surface area contributed by atoms with E-state index in [4.69, 9.17) is 4.42 Å².